The van der Waals surface area contributed by atoms with Gasteiger partial charge in [0.1, 0.15) is 28.8 Å². The number of aromatic nitrogens is 4. The number of H-pyrrole nitrogens is 1. The van der Waals surface area contributed by atoms with Crippen molar-refractivity contribution in [3.63, 3.8) is 0 Å². The van der Waals surface area contributed by atoms with Crippen LogP contribution >= 0.6 is 11.6 Å². The van der Waals surface area contributed by atoms with Crippen LogP contribution in [0, 0.1) is 18.3 Å². The molecule has 3 heterocycles. The lowest BCUT2D eigenvalue weighted by molar-refractivity contribution is 0.203. The SMILES string of the molecule is Cc1c(C#N)c(Cl)nc2c1CCC2Oc1ccc2[nH]nc(-c3cnco3)c2c1. The van der Waals surface area contributed by atoms with Gasteiger partial charge in [0.05, 0.1) is 23.0 Å². The summed E-state index contributed by atoms with van der Waals surface area (Å²) in [6, 6.07) is 7.86. The third kappa shape index (κ3) is 2.53. The molecule has 0 bridgehead atoms. The van der Waals surface area contributed by atoms with Crippen molar-refractivity contribution < 1.29 is 9.15 Å². The van der Waals surface area contributed by atoms with Gasteiger partial charge in [0.15, 0.2) is 12.2 Å². The quantitative estimate of drug-likeness (QED) is 0.515. The zero-order chi connectivity index (χ0) is 19.3. The van der Waals surface area contributed by atoms with E-state index in [1.54, 1.807) is 6.20 Å². The predicted molar refractivity (Wildman–Crippen MR) is 102 cm³/mol. The molecule has 0 amide bonds. The highest BCUT2D eigenvalue weighted by atomic mass is 35.5. The molecule has 3 aromatic heterocycles. The second kappa shape index (κ2) is 6.36. The minimum atomic E-state index is -0.211. The van der Waals surface area contributed by atoms with E-state index < -0.39 is 0 Å². The topological polar surface area (TPSA) is 101 Å². The second-order valence-corrected chi connectivity index (χ2v) is 7.03. The Balaban J connectivity index is 1.51. The summed E-state index contributed by atoms with van der Waals surface area (Å²) in [6.07, 6.45) is 4.38. The maximum Gasteiger partial charge on any atom is 0.181 e. The van der Waals surface area contributed by atoms with Gasteiger partial charge < -0.3 is 9.15 Å². The Morgan fingerprint density at radius 3 is 3.07 bits per heavy atom. The van der Waals surface area contributed by atoms with Gasteiger partial charge >= 0.3 is 0 Å². The van der Waals surface area contributed by atoms with E-state index in [0.717, 1.165) is 40.6 Å². The van der Waals surface area contributed by atoms with Crippen molar-refractivity contribution in [2.24, 2.45) is 0 Å². The molecule has 1 aromatic carbocycles. The number of pyridine rings is 1. The number of oxazole rings is 1. The molecule has 0 spiro atoms. The van der Waals surface area contributed by atoms with Gasteiger partial charge in [-0.3, -0.25) is 5.10 Å². The number of hydrogen-bond donors (Lipinski definition) is 1. The zero-order valence-electron chi connectivity index (χ0n) is 14.9. The number of fused-ring (bicyclic) bond motifs is 2. The molecule has 1 N–H and O–H groups in total. The summed E-state index contributed by atoms with van der Waals surface area (Å²) in [4.78, 5) is 8.40. The Hall–Kier alpha value is -3.37. The fourth-order valence-electron chi connectivity index (χ4n) is 3.72. The van der Waals surface area contributed by atoms with Gasteiger partial charge in [-0.05, 0) is 49.1 Å². The number of nitriles is 1. The minimum absolute atomic E-state index is 0.211. The van der Waals surface area contributed by atoms with E-state index in [2.05, 4.69) is 26.2 Å². The molecule has 0 saturated carbocycles. The number of ether oxygens (including phenoxy) is 1. The van der Waals surface area contributed by atoms with Gasteiger partial charge in [0, 0.05) is 5.39 Å². The lowest BCUT2D eigenvalue weighted by Crippen LogP contribution is -2.07. The lowest BCUT2D eigenvalue weighted by atomic mass is 10.0. The van der Waals surface area contributed by atoms with Crippen LogP contribution in [0.2, 0.25) is 5.15 Å². The fraction of sp³-hybridized carbons (Fsp3) is 0.200. The number of rotatable bonds is 3. The Kier molecular flexibility index (Phi) is 3.81. The summed E-state index contributed by atoms with van der Waals surface area (Å²) in [6.45, 7) is 1.91. The summed E-state index contributed by atoms with van der Waals surface area (Å²) in [7, 11) is 0. The summed E-state index contributed by atoms with van der Waals surface area (Å²) in [5.41, 5.74) is 4.75. The molecule has 0 saturated heterocycles. The van der Waals surface area contributed by atoms with E-state index in [-0.39, 0.29) is 11.3 Å². The van der Waals surface area contributed by atoms with E-state index in [4.69, 9.17) is 20.8 Å². The summed E-state index contributed by atoms with van der Waals surface area (Å²) in [5.74, 6) is 1.29. The largest absolute Gasteiger partial charge is 0.484 e. The van der Waals surface area contributed by atoms with E-state index in [0.29, 0.717) is 22.8 Å². The number of nitrogens with zero attached hydrogens (tertiary/aromatic N) is 4. The molecular weight excluding hydrogens is 378 g/mol. The summed E-state index contributed by atoms with van der Waals surface area (Å²) >= 11 is 6.21. The zero-order valence-corrected chi connectivity index (χ0v) is 15.6. The number of halogens is 1. The van der Waals surface area contributed by atoms with Crippen LogP contribution in [0.1, 0.15) is 34.9 Å². The van der Waals surface area contributed by atoms with Crippen LogP contribution in [0.5, 0.6) is 5.75 Å². The Morgan fingerprint density at radius 1 is 1.39 bits per heavy atom. The monoisotopic (exact) mass is 391 g/mol. The Morgan fingerprint density at radius 2 is 2.29 bits per heavy atom. The molecule has 4 aromatic rings. The number of aromatic amines is 1. The number of nitrogens with one attached hydrogen (secondary N) is 1. The molecule has 1 unspecified atom stereocenters. The van der Waals surface area contributed by atoms with Crippen molar-refractivity contribution in [3.05, 3.63) is 58.3 Å². The van der Waals surface area contributed by atoms with Crippen molar-refractivity contribution in [2.75, 3.05) is 0 Å². The molecule has 7 nitrogen and oxygen atoms in total. The fourth-order valence-corrected chi connectivity index (χ4v) is 3.99. The molecule has 1 aliphatic rings. The van der Waals surface area contributed by atoms with Crippen LogP contribution in [-0.2, 0) is 6.42 Å². The van der Waals surface area contributed by atoms with Crippen LogP contribution in [0.25, 0.3) is 22.4 Å². The molecule has 0 fully saturated rings. The Bertz CT molecular complexity index is 1240. The van der Waals surface area contributed by atoms with Crippen LogP contribution in [0.3, 0.4) is 0 Å². The first-order valence-electron chi connectivity index (χ1n) is 8.78. The van der Waals surface area contributed by atoms with Crippen molar-refractivity contribution in [3.8, 4) is 23.3 Å². The van der Waals surface area contributed by atoms with Crippen LogP contribution in [0.15, 0.2) is 35.2 Å². The highest BCUT2D eigenvalue weighted by Gasteiger charge is 2.30. The first-order valence-corrected chi connectivity index (χ1v) is 9.16. The average Bonchev–Trinajstić information content (AvgIpc) is 3.42. The predicted octanol–water partition coefficient (Wildman–Crippen LogP) is 4.51. The molecule has 28 heavy (non-hydrogen) atoms. The maximum absolute atomic E-state index is 9.29. The van der Waals surface area contributed by atoms with Gasteiger partial charge in [0.25, 0.3) is 0 Å². The molecule has 1 aliphatic carbocycles. The molecule has 8 heteroatoms. The first kappa shape index (κ1) is 16.8. The summed E-state index contributed by atoms with van der Waals surface area (Å²) in [5, 5.41) is 17.7. The third-order valence-corrected chi connectivity index (χ3v) is 5.39. The van der Waals surface area contributed by atoms with Crippen molar-refractivity contribution in [1.29, 1.82) is 5.26 Å². The maximum atomic E-state index is 9.29. The van der Waals surface area contributed by atoms with E-state index in [9.17, 15) is 5.26 Å². The van der Waals surface area contributed by atoms with Crippen LogP contribution in [0.4, 0.5) is 0 Å². The molecule has 5 rings (SSSR count). The Labute approximate surface area is 164 Å². The first-order chi connectivity index (χ1) is 13.7. The highest BCUT2D eigenvalue weighted by Crippen LogP contribution is 2.39. The standard InChI is InChI=1S/C20H14ClN5O2/c1-10-12-3-5-16(18(12)24-20(21)14(10)7-22)28-11-2-4-15-13(6-11)19(26-25-15)17-8-23-9-27-17/h2,4,6,8-9,16H,3,5H2,1H3,(H,25,26). The van der Waals surface area contributed by atoms with Gasteiger partial charge in [-0.15, -0.1) is 0 Å². The average molecular weight is 392 g/mol. The third-order valence-electron chi connectivity index (χ3n) is 5.11. The number of benzene rings is 1. The van der Waals surface area contributed by atoms with Crippen LogP contribution < -0.4 is 4.74 Å². The second-order valence-electron chi connectivity index (χ2n) is 6.67. The lowest BCUT2D eigenvalue weighted by Gasteiger charge is -2.15. The van der Waals surface area contributed by atoms with Crippen molar-refractivity contribution >= 4 is 22.5 Å². The molecule has 0 radical (unpaired) electrons. The highest BCUT2D eigenvalue weighted by molar-refractivity contribution is 6.30. The smallest absolute Gasteiger partial charge is 0.181 e. The molecule has 1 atom stereocenters. The summed E-state index contributed by atoms with van der Waals surface area (Å²) < 4.78 is 11.6. The van der Waals surface area contributed by atoms with Crippen molar-refractivity contribution in [1.82, 2.24) is 20.2 Å². The molecule has 138 valence electrons. The molecular formula is C20H14ClN5O2. The van der Waals surface area contributed by atoms with Gasteiger partial charge in [-0.2, -0.15) is 10.4 Å². The van der Waals surface area contributed by atoms with Gasteiger partial charge in [-0.1, -0.05) is 11.6 Å². The van der Waals surface area contributed by atoms with Crippen molar-refractivity contribution in [2.45, 2.75) is 25.9 Å². The van der Waals surface area contributed by atoms with E-state index >= 15 is 0 Å². The molecule has 0 aliphatic heterocycles. The van der Waals surface area contributed by atoms with Crippen LogP contribution in [-0.4, -0.2) is 20.2 Å². The van der Waals surface area contributed by atoms with Gasteiger partial charge in [0.2, 0.25) is 0 Å². The van der Waals surface area contributed by atoms with E-state index in [1.807, 2.05) is 25.1 Å². The number of hydrogen-bond acceptors (Lipinski definition) is 6. The van der Waals surface area contributed by atoms with E-state index in [1.165, 1.54) is 6.39 Å². The van der Waals surface area contributed by atoms with Gasteiger partial charge in [-0.25, -0.2) is 9.97 Å². The minimum Gasteiger partial charge on any atom is -0.484 e. The normalized spacial score (nSPS) is 15.5.